The Labute approximate surface area is 36.0 Å². The summed E-state index contributed by atoms with van der Waals surface area (Å²) < 4.78 is 4.35. The number of hydrogen-bond acceptors (Lipinski definition) is 4. The van der Waals surface area contributed by atoms with Crippen LogP contribution in [0.2, 0.25) is 0 Å². The predicted octanol–water partition coefficient (Wildman–Crippen LogP) is -0.845. The maximum Gasteiger partial charge on any atom is 0.137 e. The highest BCUT2D eigenvalue weighted by Gasteiger charge is 1.81. The van der Waals surface area contributed by atoms with E-state index in [0.29, 0.717) is 5.17 Å². The van der Waals surface area contributed by atoms with Gasteiger partial charge in [0.1, 0.15) is 6.73 Å². The van der Waals surface area contributed by atoms with Gasteiger partial charge in [-0.05, 0) is 0 Å². The Morgan fingerprint density at radius 2 is 2.50 bits per heavy atom. The zero-order valence-corrected chi connectivity index (χ0v) is 3.59. The molecule has 3 N–H and O–H groups in total. The zero-order valence-electron chi connectivity index (χ0n) is 3.59. The van der Waals surface area contributed by atoms with E-state index in [9.17, 15) is 0 Å². The predicted molar refractivity (Wildman–Crippen MR) is 19.7 cm³/mol. The minimum atomic E-state index is 0.0417. The van der Waals surface area contributed by atoms with Gasteiger partial charge in [-0.2, -0.15) is 0 Å². The number of rotatable bonds is 2. The third-order valence-corrected chi connectivity index (χ3v) is 0.261. The molecule has 0 aromatic carbocycles. The SMILES string of the molecule is COCN(N)O. The van der Waals surface area contributed by atoms with Crippen molar-refractivity contribution in [1.29, 1.82) is 0 Å². The van der Waals surface area contributed by atoms with Gasteiger partial charge in [-0.25, -0.2) is 5.84 Å². The molecule has 0 rings (SSSR count). The van der Waals surface area contributed by atoms with E-state index in [1.165, 1.54) is 7.11 Å². The fourth-order valence-electron chi connectivity index (χ4n) is 0.132. The summed E-state index contributed by atoms with van der Waals surface area (Å²) in [6.45, 7) is 0.0417. The van der Waals surface area contributed by atoms with E-state index in [0.717, 1.165) is 0 Å². The highest BCUT2D eigenvalue weighted by atomic mass is 16.6. The summed E-state index contributed by atoms with van der Waals surface area (Å²) in [6.07, 6.45) is 0. The number of nitrogens with two attached hydrogens (primary N) is 1. The van der Waals surface area contributed by atoms with Gasteiger partial charge in [-0.15, -0.1) is 5.17 Å². The first-order chi connectivity index (χ1) is 2.77. The molecule has 0 aliphatic heterocycles. The van der Waals surface area contributed by atoms with Crippen molar-refractivity contribution in [2.45, 2.75) is 0 Å². The number of hydroxylamine groups is 1. The minimum Gasteiger partial charge on any atom is -0.366 e. The Kier molecular flexibility index (Phi) is 2.97. The molecule has 0 aliphatic carbocycles. The van der Waals surface area contributed by atoms with E-state index in [1.807, 2.05) is 0 Å². The second-order valence-electron chi connectivity index (χ2n) is 0.857. The quantitative estimate of drug-likeness (QED) is 0.265. The van der Waals surface area contributed by atoms with Crippen LogP contribution in [0.15, 0.2) is 0 Å². The van der Waals surface area contributed by atoms with Crippen LogP contribution in [0.25, 0.3) is 0 Å². The lowest BCUT2D eigenvalue weighted by atomic mass is 11.3. The van der Waals surface area contributed by atoms with Gasteiger partial charge in [0.05, 0.1) is 0 Å². The fourth-order valence-corrected chi connectivity index (χ4v) is 0.132. The topological polar surface area (TPSA) is 58.7 Å². The van der Waals surface area contributed by atoms with Gasteiger partial charge in [0.25, 0.3) is 0 Å². The van der Waals surface area contributed by atoms with Crippen molar-refractivity contribution in [2.24, 2.45) is 5.84 Å². The Morgan fingerprint density at radius 1 is 2.00 bits per heavy atom. The van der Waals surface area contributed by atoms with Crippen LogP contribution in [-0.2, 0) is 4.74 Å². The molecular weight excluding hydrogens is 84.0 g/mol. The van der Waals surface area contributed by atoms with Gasteiger partial charge in [-0.3, -0.25) is 5.21 Å². The first-order valence-corrected chi connectivity index (χ1v) is 1.47. The van der Waals surface area contributed by atoms with Crippen LogP contribution in [0.3, 0.4) is 0 Å². The van der Waals surface area contributed by atoms with Crippen molar-refractivity contribution >= 4 is 0 Å². The van der Waals surface area contributed by atoms with Crippen molar-refractivity contribution in [3.63, 3.8) is 0 Å². The third-order valence-electron chi connectivity index (χ3n) is 0.261. The standard InChI is InChI=1S/C2H8N2O2/c1-6-2-4(3)5/h5H,2-3H2,1H3. The molecule has 0 atom stereocenters. The summed E-state index contributed by atoms with van der Waals surface area (Å²) in [5.41, 5.74) is 0. The summed E-state index contributed by atoms with van der Waals surface area (Å²) in [5.74, 6) is 4.67. The average molecular weight is 92.1 g/mol. The monoisotopic (exact) mass is 92.1 g/mol. The van der Waals surface area contributed by atoms with E-state index < -0.39 is 0 Å². The molecule has 0 aromatic rings. The number of hydrogen-bond donors (Lipinski definition) is 2. The number of methoxy groups -OCH3 is 1. The Bertz CT molecular complexity index is 30.7. The summed E-state index contributed by atoms with van der Waals surface area (Å²) in [7, 11) is 1.44. The lowest BCUT2D eigenvalue weighted by molar-refractivity contribution is -0.154. The van der Waals surface area contributed by atoms with Gasteiger partial charge in [0, 0.05) is 7.11 Å². The lowest BCUT2D eigenvalue weighted by Gasteiger charge is -2.02. The van der Waals surface area contributed by atoms with Crippen molar-refractivity contribution in [3.8, 4) is 0 Å². The molecule has 0 amide bonds. The van der Waals surface area contributed by atoms with Gasteiger partial charge in [-0.1, -0.05) is 0 Å². The van der Waals surface area contributed by atoms with Crippen molar-refractivity contribution < 1.29 is 9.94 Å². The first kappa shape index (κ1) is 5.84. The molecule has 0 aliphatic rings. The summed E-state index contributed by atoms with van der Waals surface area (Å²) >= 11 is 0. The first-order valence-electron chi connectivity index (χ1n) is 1.47. The molecule has 0 bridgehead atoms. The van der Waals surface area contributed by atoms with Crippen LogP contribution in [0.1, 0.15) is 0 Å². The van der Waals surface area contributed by atoms with Crippen LogP contribution in [0.4, 0.5) is 0 Å². The Hall–Kier alpha value is -0.160. The number of nitrogens with zero attached hydrogens (tertiary/aromatic N) is 1. The smallest absolute Gasteiger partial charge is 0.137 e. The van der Waals surface area contributed by atoms with Gasteiger partial charge < -0.3 is 4.74 Å². The molecule has 38 valence electrons. The summed E-state index contributed by atoms with van der Waals surface area (Å²) in [4.78, 5) is 0. The van der Waals surface area contributed by atoms with Gasteiger partial charge in [0.2, 0.25) is 0 Å². The normalized spacial score (nSPS) is 10.0. The second kappa shape index (κ2) is 3.05. The molecule has 4 heteroatoms. The Balaban J connectivity index is 2.63. The largest absolute Gasteiger partial charge is 0.366 e. The highest BCUT2D eigenvalue weighted by Crippen LogP contribution is 1.63. The molecule has 0 spiro atoms. The van der Waals surface area contributed by atoms with Crippen molar-refractivity contribution in [3.05, 3.63) is 0 Å². The molecular formula is C2H8N2O2. The van der Waals surface area contributed by atoms with E-state index in [-0.39, 0.29) is 6.73 Å². The second-order valence-corrected chi connectivity index (χ2v) is 0.857. The molecule has 0 saturated carbocycles. The van der Waals surface area contributed by atoms with E-state index in [2.05, 4.69) is 10.6 Å². The molecule has 0 unspecified atom stereocenters. The minimum absolute atomic E-state index is 0.0417. The third kappa shape index (κ3) is 3.84. The van der Waals surface area contributed by atoms with Crippen LogP contribution in [0, 0.1) is 0 Å². The summed E-state index contributed by atoms with van der Waals surface area (Å²) in [6, 6.07) is 0. The van der Waals surface area contributed by atoms with Crippen LogP contribution in [-0.4, -0.2) is 24.2 Å². The molecule has 6 heavy (non-hydrogen) atoms. The molecule has 4 nitrogen and oxygen atoms in total. The van der Waals surface area contributed by atoms with Crippen molar-refractivity contribution in [1.82, 2.24) is 5.17 Å². The highest BCUT2D eigenvalue weighted by molar-refractivity contribution is 4.01. The number of ether oxygens (including phenoxy) is 1. The zero-order chi connectivity index (χ0) is 4.99. The maximum absolute atomic E-state index is 8.04. The van der Waals surface area contributed by atoms with Crippen LogP contribution >= 0.6 is 0 Å². The lowest BCUT2D eigenvalue weighted by Crippen LogP contribution is -2.28. The van der Waals surface area contributed by atoms with Crippen molar-refractivity contribution in [2.75, 3.05) is 13.8 Å². The van der Waals surface area contributed by atoms with E-state index in [1.54, 1.807) is 0 Å². The molecule has 0 saturated heterocycles. The van der Waals surface area contributed by atoms with Gasteiger partial charge >= 0.3 is 0 Å². The van der Waals surface area contributed by atoms with E-state index in [4.69, 9.17) is 5.21 Å². The van der Waals surface area contributed by atoms with Crippen LogP contribution < -0.4 is 5.84 Å². The maximum atomic E-state index is 8.04. The molecule has 0 heterocycles. The molecule has 0 radical (unpaired) electrons. The molecule has 0 aromatic heterocycles. The molecule has 0 fully saturated rings. The summed E-state index contributed by atoms with van der Waals surface area (Å²) in [5, 5.41) is 8.50. The average Bonchev–Trinajstić information content (AvgIpc) is 1.35. The van der Waals surface area contributed by atoms with Crippen LogP contribution in [0.5, 0.6) is 0 Å². The van der Waals surface area contributed by atoms with E-state index >= 15 is 0 Å². The fraction of sp³-hybridized carbons (Fsp3) is 1.00. The number of hydrazine groups is 1. The van der Waals surface area contributed by atoms with Gasteiger partial charge in [0.15, 0.2) is 0 Å². The Morgan fingerprint density at radius 3 is 2.50 bits per heavy atom.